The Morgan fingerprint density at radius 1 is 1.15 bits per heavy atom. The summed E-state index contributed by atoms with van der Waals surface area (Å²) in [5.74, 6) is 2.20. The second-order valence-electron chi connectivity index (χ2n) is 6.45. The van der Waals surface area contributed by atoms with E-state index in [1.165, 1.54) is 18.2 Å². The first-order chi connectivity index (χ1) is 12.5. The van der Waals surface area contributed by atoms with E-state index in [9.17, 15) is 4.79 Å². The molecule has 26 heavy (non-hydrogen) atoms. The van der Waals surface area contributed by atoms with Crippen molar-refractivity contribution < 1.29 is 19.0 Å². The number of nitrogens with zero attached hydrogens (tertiary/aromatic N) is 2. The van der Waals surface area contributed by atoms with E-state index < -0.39 is 0 Å². The van der Waals surface area contributed by atoms with Gasteiger partial charge in [0.15, 0.2) is 16.7 Å². The number of amidine groups is 1. The number of thioether (sulfide) groups is 1. The Morgan fingerprint density at radius 3 is 2.50 bits per heavy atom. The zero-order valence-electron chi connectivity index (χ0n) is 15.6. The van der Waals surface area contributed by atoms with Crippen LogP contribution >= 0.6 is 11.8 Å². The molecule has 6 nitrogen and oxygen atoms in total. The summed E-state index contributed by atoms with van der Waals surface area (Å²) in [7, 11) is 4.74. The second-order valence-corrected chi connectivity index (χ2v) is 7.46. The van der Waals surface area contributed by atoms with E-state index >= 15 is 0 Å². The maximum absolute atomic E-state index is 12.4. The first kappa shape index (κ1) is 18.6. The number of piperidine rings is 1. The van der Waals surface area contributed by atoms with Crippen LogP contribution in [0.1, 0.15) is 25.3 Å². The molecule has 1 atom stereocenters. The average molecular weight is 376 g/mol. The van der Waals surface area contributed by atoms with Crippen molar-refractivity contribution >= 4 is 28.9 Å². The van der Waals surface area contributed by atoms with Gasteiger partial charge in [-0.25, -0.2) is 0 Å². The molecule has 0 radical (unpaired) electrons. The zero-order chi connectivity index (χ0) is 18.7. The standard InChI is InChI=1S/C19H24N2O4S/c1-12-6-5-7-21(11-12)19-20-18(22)17(26-19)9-13-8-15(24-3)16(25-4)10-14(13)23-2/h8-10,12H,5-7,11H2,1-4H3/b17-9-. The van der Waals surface area contributed by atoms with Gasteiger partial charge >= 0.3 is 0 Å². The summed E-state index contributed by atoms with van der Waals surface area (Å²) in [6.07, 6.45) is 4.17. The molecule has 1 unspecified atom stereocenters. The van der Waals surface area contributed by atoms with Gasteiger partial charge in [-0.05, 0) is 42.7 Å². The predicted octanol–water partition coefficient (Wildman–Crippen LogP) is 3.41. The van der Waals surface area contributed by atoms with Crippen molar-refractivity contribution in [3.05, 3.63) is 22.6 Å². The summed E-state index contributed by atoms with van der Waals surface area (Å²) in [4.78, 5) is 19.4. The average Bonchev–Trinajstić information content (AvgIpc) is 3.02. The lowest BCUT2D eigenvalue weighted by Crippen LogP contribution is -2.37. The van der Waals surface area contributed by atoms with Crippen LogP contribution in [-0.4, -0.2) is 50.4 Å². The minimum absolute atomic E-state index is 0.208. The fraction of sp³-hybridized carbons (Fsp3) is 0.474. The fourth-order valence-corrected chi connectivity index (χ4v) is 4.14. The molecule has 2 aliphatic rings. The third-order valence-corrected chi connectivity index (χ3v) is 5.60. The molecule has 1 saturated heterocycles. The highest BCUT2D eigenvalue weighted by Crippen LogP contribution is 2.38. The van der Waals surface area contributed by atoms with Crippen molar-refractivity contribution in [1.82, 2.24) is 4.90 Å². The van der Waals surface area contributed by atoms with Gasteiger partial charge in [-0.15, -0.1) is 0 Å². The molecule has 3 rings (SSSR count). The van der Waals surface area contributed by atoms with Crippen molar-refractivity contribution in [2.75, 3.05) is 34.4 Å². The van der Waals surface area contributed by atoms with E-state index in [0.29, 0.717) is 28.1 Å². The Bertz CT molecular complexity index is 760. The monoisotopic (exact) mass is 376 g/mol. The molecule has 0 saturated carbocycles. The first-order valence-electron chi connectivity index (χ1n) is 8.63. The summed E-state index contributed by atoms with van der Waals surface area (Å²) < 4.78 is 16.1. The van der Waals surface area contributed by atoms with E-state index in [4.69, 9.17) is 14.2 Å². The molecule has 140 valence electrons. The van der Waals surface area contributed by atoms with Crippen LogP contribution < -0.4 is 14.2 Å². The Hall–Kier alpha value is -2.15. The van der Waals surface area contributed by atoms with Gasteiger partial charge in [0.05, 0.1) is 26.2 Å². The quantitative estimate of drug-likeness (QED) is 0.751. The Labute approximate surface area is 158 Å². The van der Waals surface area contributed by atoms with Gasteiger partial charge in [0.1, 0.15) is 5.75 Å². The maximum atomic E-state index is 12.4. The zero-order valence-corrected chi connectivity index (χ0v) is 16.4. The van der Waals surface area contributed by atoms with Gasteiger partial charge in [0.2, 0.25) is 0 Å². The van der Waals surface area contributed by atoms with E-state index in [0.717, 1.165) is 30.2 Å². The Morgan fingerprint density at radius 2 is 1.85 bits per heavy atom. The minimum Gasteiger partial charge on any atom is -0.496 e. The molecule has 2 heterocycles. The van der Waals surface area contributed by atoms with Crippen LogP contribution in [0.15, 0.2) is 22.0 Å². The van der Waals surface area contributed by atoms with E-state index in [1.54, 1.807) is 39.5 Å². The number of carbonyl (C=O) groups excluding carboxylic acids is 1. The van der Waals surface area contributed by atoms with Gasteiger partial charge in [0.25, 0.3) is 5.91 Å². The van der Waals surface area contributed by atoms with Crippen LogP contribution in [-0.2, 0) is 4.79 Å². The Kier molecular flexibility index (Phi) is 5.76. The van der Waals surface area contributed by atoms with Crippen molar-refractivity contribution in [1.29, 1.82) is 0 Å². The predicted molar refractivity (Wildman–Crippen MR) is 104 cm³/mol. The van der Waals surface area contributed by atoms with Crippen molar-refractivity contribution in [2.24, 2.45) is 10.9 Å². The molecule has 0 N–H and O–H groups in total. The summed E-state index contributed by atoms with van der Waals surface area (Å²) in [6, 6.07) is 3.56. The van der Waals surface area contributed by atoms with Crippen LogP contribution in [0.4, 0.5) is 0 Å². The van der Waals surface area contributed by atoms with Gasteiger partial charge in [-0.3, -0.25) is 4.79 Å². The number of methoxy groups -OCH3 is 3. The van der Waals surface area contributed by atoms with Gasteiger partial charge in [0, 0.05) is 24.7 Å². The maximum Gasteiger partial charge on any atom is 0.286 e. The molecule has 0 aromatic heterocycles. The van der Waals surface area contributed by atoms with Gasteiger partial charge < -0.3 is 19.1 Å². The number of rotatable bonds is 4. The number of benzene rings is 1. The lowest BCUT2D eigenvalue weighted by atomic mass is 10.0. The molecular formula is C19H24N2O4S. The summed E-state index contributed by atoms with van der Waals surface area (Å²) in [6.45, 7) is 4.14. The fourth-order valence-electron chi connectivity index (χ4n) is 3.20. The number of amides is 1. The van der Waals surface area contributed by atoms with Gasteiger partial charge in [-0.2, -0.15) is 4.99 Å². The van der Waals surface area contributed by atoms with Crippen LogP contribution in [0, 0.1) is 5.92 Å². The van der Waals surface area contributed by atoms with Crippen LogP contribution in [0.25, 0.3) is 6.08 Å². The van der Waals surface area contributed by atoms with Crippen LogP contribution in [0.5, 0.6) is 17.2 Å². The van der Waals surface area contributed by atoms with Gasteiger partial charge in [-0.1, -0.05) is 6.92 Å². The van der Waals surface area contributed by atoms with E-state index in [2.05, 4.69) is 16.8 Å². The summed E-state index contributed by atoms with van der Waals surface area (Å²) in [5.41, 5.74) is 0.754. The number of hydrogen-bond acceptors (Lipinski definition) is 6. The number of aliphatic imine (C=N–C) groups is 1. The van der Waals surface area contributed by atoms with Crippen molar-refractivity contribution in [3.8, 4) is 17.2 Å². The van der Waals surface area contributed by atoms with Crippen LogP contribution in [0.3, 0.4) is 0 Å². The Balaban J connectivity index is 1.86. The first-order valence-corrected chi connectivity index (χ1v) is 9.45. The molecule has 1 amide bonds. The lowest BCUT2D eigenvalue weighted by Gasteiger charge is -2.31. The highest BCUT2D eigenvalue weighted by atomic mass is 32.2. The molecule has 1 aromatic rings. The topological polar surface area (TPSA) is 60.4 Å². The largest absolute Gasteiger partial charge is 0.496 e. The normalized spacial score (nSPS) is 21.8. The number of ether oxygens (including phenoxy) is 3. The van der Waals surface area contributed by atoms with Crippen molar-refractivity contribution in [3.63, 3.8) is 0 Å². The SMILES string of the molecule is COc1cc(OC)c(OC)cc1/C=C1\SC(N2CCCC(C)C2)=NC1=O. The summed E-state index contributed by atoms with van der Waals surface area (Å²) >= 11 is 1.42. The molecule has 1 fully saturated rings. The third kappa shape index (κ3) is 3.82. The molecule has 0 bridgehead atoms. The van der Waals surface area contributed by atoms with E-state index in [1.807, 2.05) is 0 Å². The molecule has 0 spiro atoms. The highest BCUT2D eigenvalue weighted by Gasteiger charge is 2.29. The molecule has 7 heteroatoms. The third-order valence-electron chi connectivity index (χ3n) is 4.56. The molecule has 2 aliphatic heterocycles. The number of carbonyl (C=O) groups is 1. The lowest BCUT2D eigenvalue weighted by molar-refractivity contribution is -0.113. The van der Waals surface area contributed by atoms with Crippen LogP contribution in [0.2, 0.25) is 0 Å². The molecule has 0 aliphatic carbocycles. The molecular weight excluding hydrogens is 352 g/mol. The second kappa shape index (κ2) is 8.03. The smallest absolute Gasteiger partial charge is 0.286 e. The van der Waals surface area contributed by atoms with E-state index in [-0.39, 0.29) is 5.91 Å². The molecule has 1 aromatic carbocycles. The number of hydrogen-bond donors (Lipinski definition) is 0. The minimum atomic E-state index is -0.208. The number of likely N-dealkylation sites (tertiary alicyclic amines) is 1. The summed E-state index contributed by atoms with van der Waals surface area (Å²) in [5, 5.41) is 0.798. The highest BCUT2D eigenvalue weighted by molar-refractivity contribution is 8.18. The van der Waals surface area contributed by atoms with Crippen molar-refractivity contribution in [2.45, 2.75) is 19.8 Å².